The lowest BCUT2D eigenvalue weighted by Crippen LogP contribution is -2.61. The topological polar surface area (TPSA) is 549 Å². The van der Waals surface area contributed by atoms with Gasteiger partial charge in [-0.1, -0.05) is 129 Å². The van der Waals surface area contributed by atoms with Gasteiger partial charge in [0.2, 0.25) is 76.8 Å². The number of aromatic nitrogens is 1. The molecule has 1 aromatic heterocycles. The summed E-state index contributed by atoms with van der Waals surface area (Å²) in [6, 6.07) is -0.182. The fourth-order valence-corrected chi connectivity index (χ4v) is 11.6. The van der Waals surface area contributed by atoms with Crippen molar-refractivity contribution in [2.75, 3.05) is 53.4 Å². The number of aliphatic carboxylic acids is 2. The molecular weight excluding hydrogens is 1400 g/mol. The molecule has 13 amide bonds. The molecule has 3 aromatic rings. The van der Waals surface area contributed by atoms with E-state index in [1.165, 1.54) is 21.0 Å². The minimum absolute atomic E-state index is 0.0563. The third-order valence-electron chi connectivity index (χ3n) is 18.2. The lowest BCUT2D eigenvalue weighted by atomic mass is 9.96. The molecule has 35 nitrogen and oxygen atoms in total. The standard InChI is InChI=1S/C73H115N17O18/c1-11-13-14-15-19-26-56(92)86-60(41(3)4)68(102)83-50(29-32-74)63(97)78-38-57(93)81-54(40-91)66(100)85-53(36-46-37-77-48-25-21-20-24-47(46)48)71(105)89(9)39-58(94)80-51(30-33-75)64(98)84-52(31-34-76)72(106)90(10)55(35-45-22-17-16-18-23-45)67(101)82-49(27-28-59(95)96)65(99)87-61(42(5)6)69(103)88-62(43(7)12-2)70(104)79-44(8)73(107)108/h16-18,20-25,37,41-44,49-55,60-62,77,91H,11-15,19,26-36,38-40,74-76H2,1-10H3,(H,78,97)(H,79,104)(H,80,94)(H,81,93)(H,82,101)(H,83,102)(H,84,98)(H,85,100)(H,86,92)(H,87,99)(H,88,103)(H,95,96)(H,107,108)/t43-,44-,49-,50+,51-,52+,53+,54+,55-,60+,61-,62+/m0/s1. The van der Waals surface area contributed by atoms with E-state index < -0.39 is 194 Å². The van der Waals surface area contributed by atoms with Gasteiger partial charge >= 0.3 is 11.9 Å². The minimum Gasteiger partial charge on any atom is -0.481 e. The molecule has 0 saturated heterocycles. The number of para-hydroxylation sites is 1. The number of aliphatic hydroxyl groups is 1. The highest BCUT2D eigenvalue weighted by Gasteiger charge is 2.39. The summed E-state index contributed by atoms with van der Waals surface area (Å²) in [5.74, 6) is -15.3. The summed E-state index contributed by atoms with van der Waals surface area (Å²) in [6.45, 7) is 10.3. The maximum atomic E-state index is 14.8. The normalized spacial score (nSPS) is 14.6. The lowest BCUT2D eigenvalue weighted by Gasteiger charge is -2.33. The van der Waals surface area contributed by atoms with Gasteiger partial charge in [0.1, 0.15) is 66.5 Å². The Balaban J connectivity index is 1.85. The van der Waals surface area contributed by atoms with Crippen LogP contribution in [0.15, 0.2) is 60.8 Å². The Labute approximate surface area is 629 Å². The Morgan fingerprint density at radius 3 is 1.58 bits per heavy atom. The fraction of sp³-hybridized carbons (Fsp3) is 0.603. The maximum Gasteiger partial charge on any atom is 0.325 e. The second-order valence-corrected chi connectivity index (χ2v) is 27.6. The van der Waals surface area contributed by atoms with Crippen molar-refractivity contribution in [1.29, 1.82) is 0 Å². The van der Waals surface area contributed by atoms with Gasteiger partial charge in [0.25, 0.3) is 0 Å². The van der Waals surface area contributed by atoms with Crippen LogP contribution in [0, 0.1) is 17.8 Å². The molecule has 35 heteroatoms. The number of benzene rings is 2. The molecule has 1 heterocycles. The van der Waals surface area contributed by atoms with Gasteiger partial charge in [0.15, 0.2) is 0 Å². The monoisotopic (exact) mass is 1520 g/mol. The van der Waals surface area contributed by atoms with Crippen LogP contribution >= 0.6 is 0 Å². The quantitative estimate of drug-likeness (QED) is 0.0270. The van der Waals surface area contributed by atoms with Gasteiger partial charge in [-0.3, -0.25) is 71.9 Å². The molecule has 21 N–H and O–H groups in total. The number of hydrogen-bond donors (Lipinski definition) is 18. The summed E-state index contributed by atoms with van der Waals surface area (Å²) < 4.78 is 0. The van der Waals surface area contributed by atoms with Crippen LogP contribution in [0.1, 0.15) is 144 Å². The average Bonchev–Trinajstić information content (AvgIpc) is 1.45. The van der Waals surface area contributed by atoms with E-state index >= 15 is 0 Å². The van der Waals surface area contributed by atoms with Crippen LogP contribution in [0.5, 0.6) is 0 Å². The van der Waals surface area contributed by atoms with Gasteiger partial charge in [0.05, 0.1) is 19.7 Å². The van der Waals surface area contributed by atoms with E-state index in [4.69, 9.17) is 17.2 Å². The third-order valence-corrected chi connectivity index (χ3v) is 18.2. The van der Waals surface area contributed by atoms with Crippen molar-refractivity contribution in [3.05, 3.63) is 71.9 Å². The van der Waals surface area contributed by atoms with Crippen molar-refractivity contribution in [2.24, 2.45) is 35.0 Å². The van der Waals surface area contributed by atoms with Gasteiger partial charge in [-0.25, -0.2) is 0 Å². The summed E-state index contributed by atoms with van der Waals surface area (Å²) in [6.07, 6.45) is 4.62. The number of unbranched alkanes of at least 4 members (excludes halogenated alkanes) is 4. The summed E-state index contributed by atoms with van der Waals surface area (Å²) in [4.78, 5) is 210. The Morgan fingerprint density at radius 2 is 0.991 bits per heavy atom. The number of carboxylic acid groups (broad SMARTS) is 2. The summed E-state index contributed by atoms with van der Waals surface area (Å²) in [5, 5.41) is 58.2. The first-order valence-corrected chi connectivity index (χ1v) is 36.7. The molecule has 12 atom stereocenters. The Bertz CT molecular complexity index is 3500. The SMILES string of the molecule is CCCCCCCC(=O)N[C@@H](C(=O)N[C@H](CCN)C(=O)NCC(=O)N[C@H](CO)C(=O)N[C@H](Cc1c[nH]c2ccccc12)C(=O)N(C)CC(=O)N[C@@H](CCN)C(=O)N[C@H](CCN)C(=O)N(C)[C@@H](Cc1ccccc1)C(=O)N[C@@H](CCC(=O)O)C(=O)N[C@H](C(=O)N[C@@H](C(=O)N[C@@H](C)C(=O)O)[C@@H](C)CC)C(C)C)C(C)C. The first-order valence-electron chi connectivity index (χ1n) is 36.7. The zero-order valence-corrected chi connectivity index (χ0v) is 63.6. The summed E-state index contributed by atoms with van der Waals surface area (Å²) in [5.41, 5.74) is 19.5. The highest BCUT2D eigenvalue weighted by atomic mass is 16.4. The van der Waals surface area contributed by atoms with E-state index in [0.29, 0.717) is 34.9 Å². The van der Waals surface area contributed by atoms with E-state index in [9.17, 15) is 87.2 Å². The first kappa shape index (κ1) is 92.1. The van der Waals surface area contributed by atoms with Gasteiger partial charge in [0, 0.05) is 56.9 Å². The number of carbonyl (C=O) groups excluding carboxylic acids is 13. The van der Waals surface area contributed by atoms with E-state index in [-0.39, 0.29) is 70.0 Å². The molecule has 0 aliphatic heterocycles. The number of fused-ring (bicyclic) bond motifs is 1. The number of hydrogen-bond acceptors (Lipinski definition) is 19. The number of carbonyl (C=O) groups is 15. The number of H-pyrrole nitrogens is 1. The van der Waals surface area contributed by atoms with Crippen LogP contribution in [0.4, 0.5) is 0 Å². The average molecular weight is 1520 g/mol. The predicted octanol–water partition coefficient (Wildman–Crippen LogP) is -2.07. The van der Waals surface area contributed by atoms with E-state index in [1.807, 2.05) is 0 Å². The molecule has 0 radical (unpaired) electrons. The van der Waals surface area contributed by atoms with Crippen molar-refractivity contribution in [1.82, 2.24) is 73.3 Å². The van der Waals surface area contributed by atoms with E-state index in [1.54, 1.807) is 102 Å². The smallest absolute Gasteiger partial charge is 0.325 e. The Morgan fingerprint density at radius 1 is 0.481 bits per heavy atom. The van der Waals surface area contributed by atoms with Crippen LogP contribution < -0.4 is 75.7 Å². The molecule has 0 saturated carbocycles. The second kappa shape index (κ2) is 47.5. The number of carboxylic acids is 2. The van der Waals surface area contributed by atoms with Gasteiger partial charge in [-0.2, -0.15) is 0 Å². The largest absolute Gasteiger partial charge is 0.481 e. The number of nitrogens with one attached hydrogen (secondary N) is 12. The third kappa shape index (κ3) is 30.6. The first-order chi connectivity index (χ1) is 51.2. The highest BCUT2D eigenvalue weighted by Crippen LogP contribution is 2.21. The molecule has 0 unspecified atom stereocenters. The summed E-state index contributed by atoms with van der Waals surface area (Å²) >= 11 is 0. The zero-order chi connectivity index (χ0) is 80.9. The van der Waals surface area contributed by atoms with Gasteiger partial charge < -0.3 is 106 Å². The number of nitrogens with zero attached hydrogens (tertiary/aromatic N) is 2. The number of aliphatic hydroxyl groups excluding tert-OH is 1. The maximum absolute atomic E-state index is 14.8. The van der Waals surface area contributed by atoms with Gasteiger partial charge in [-0.05, 0) is 93.6 Å². The van der Waals surface area contributed by atoms with Crippen LogP contribution in [0.2, 0.25) is 0 Å². The molecule has 108 heavy (non-hydrogen) atoms. The molecule has 600 valence electrons. The molecule has 2 aromatic carbocycles. The van der Waals surface area contributed by atoms with Crippen LogP contribution in [0.3, 0.4) is 0 Å². The fourth-order valence-electron chi connectivity index (χ4n) is 11.6. The van der Waals surface area contributed by atoms with Crippen molar-refractivity contribution < 1.29 is 87.2 Å². The van der Waals surface area contributed by atoms with Crippen LogP contribution in [0.25, 0.3) is 10.9 Å². The van der Waals surface area contributed by atoms with Crippen LogP contribution in [-0.4, -0.2) is 239 Å². The van der Waals surface area contributed by atoms with E-state index in [2.05, 4.69) is 70.4 Å². The van der Waals surface area contributed by atoms with Crippen molar-refractivity contribution >= 4 is 99.6 Å². The van der Waals surface area contributed by atoms with Gasteiger partial charge in [-0.15, -0.1) is 0 Å². The zero-order valence-electron chi connectivity index (χ0n) is 63.6. The van der Waals surface area contributed by atoms with Crippen LogP contribution in [-0.2, 0) is 84.8 Å². The molecule has 3 rings (SSSR count). The van der Waals surface area contributed by atoms with Crippen molar-refractivity contribution in [3.63, 3.8) is 0 Å². The number of likely N-dealkylation sites (N-methyl/N-ethyl adjacent to an activating group) is 2. The molecule has 0 bridgehead atoms. The molecule has 0 aliphatic rings. The number of amides is 13. The van der Waals surface area contributed by atoms with Crippen molar-refractivity contribution in [2.45, 2.75) is 212 Å². The molecule has 0 fully saturated rings. The Kier molecular flexibility index (Phi) is 40.5. The second-order valence-electron chi connectivity index (χ2n) is 27.6. The Hall–Kier alpha value is -10.1. The van der Waals surface area contributed by atoms with E-state index in [0.717, 1.165) is 35.5 Å². The molecule has 0 spiro atoms. The minimum atomic E-state index is -1.72. The highest BCUT2D eigenvalue weighted by molar-refractivity contribution is 6.00. The predicted molar refractivity (Wildman–Crippen MR) is 399 cm³/mol. The molecule has 0 aliphatic carbocycles. The number of aromatic amines is 1. The number of rotatable bonds is 50. The molecular formula is C73H115N17O18. The summed E-state index contributed by atoms with van der Waals surface area (Å²) in [7, 11) is 2.48. The lowest BCUT2D eigenvalue weighted by molar-refractivity contribution is -0.143. The number of nitrogens with two attached hydrogens (primary N) is 3. The van der Waals surface area contributed by atoms with Crippen molar-refractivity contribution in [3.8, 4) is 0 Å².